The van der Waals surface area contributed by atoms with E-state index < -0.39 is 0 Å². The lowest BCUT2D eigenvalue weighted by Gasteiger charge is -2.16. The van der Waals surface area contributed by atoms with E-state index in [9.17, 15) is 4.79 Å². The van der Waals surface area contributed by atoms with Crippen LogP contribution >= 0.6 is 23.2 Å². The predicted octanol–water partition coefficient (Wildman–Crippen LogP) is 6.06. The zero-order valence-corrected chi connectivity index (χ0v) is 16.4. The van der Waals surface area contributed by atoms with Crippen molar-refractivity contribution in [2.45, 2.75) is 33.6 Å². The van der Waals surface area contributed by atoms with E-state index in [0.29, 0.717) is 34.2 Å². The first-order valence-corrected chi connectivity index (χ1v) is 9.19. The van der Waals surface area contributed by atoms with E-state index in [2.05, 4.69) is 0 Å². The molecule has 0 N–H and O–H groups in total. The molecule has 0 aliphatic rings. The predicted molar refractivity (Wildman–Crippen MR) is 106 cm³/mol. The Morgan fingerprint density at radius 2 is 1.77 bits per heavy atom. The third-order valence-electron chi connectivity index (χ3n) is 4.44. The van der Waals surface area contributed by atoms with Crippen LogP contribution in [0.15, 0.2) is 36.4 Å². The molecular formula is C21H19Cl2NO2. The van der Waals surface area contributed by atoms with Gasteiger partial charge in [0.1, 0.15) is 5.75 Å². The number of hydrogen-bond donors (Lipinski definition) is 0. The van der Waals surface area contributed by atoms with Gasteiger partial charge in [-0.25, -0.2) is 0 Å². The molecule has 0 aliphatic carbocycles. The molecule has 3 nitrogen and oxygen atoms in total. The number of aryl methyl sites for hydroxylation is 2. The summed E-state index contributed by atoms with van der Waals surface area (Å²) in [6.07, 6.45) is 1.02. The molecule has 0 atom stereocenters. The zero-order valence-electron chi connectivity index (χ0n) is 14.9. The minimum atomic E-state index is -0.284. The lowest BCUT2D eigenvalue weighted by atomic mass is 9.96. The summed E-state index contributed by atoms with van der Waals surface area (Å²) in [6, 6.07) is 11.2. The van der Waals surface area contributed by atoms with Crippen molar-refractivity contribution in [3.8, 4) is 5.75 Å². The summed E-state index contributed by atoms with van der Waals surface area (Å²) in [6.45, 7) is 5.75. The van der Waals surface area contributed by atoms with Crippen molar-refractivity contribution in [3.63, 3.8) is 0 Å². The molecule has 3 aromatic rings. The molecule has 26 heavy (non-hydrogen) atoms. The third kappa shape index (κ3) is 3.69. The Labute approximate surface area is 162 Å². The summed E-state index contributed by atoms with van der Waals surface area (Å²) in [5.41, 5.74) is 4.81. The Morgan fingerprint density at radius 3 is 2.42 bits per heavy atom. The van der Waals surface area contributed by atoms with Crippen LogP contribution in [0.25, 0.3) is 10.9 Å². The van der Waals surface area contributed by atoms with Crippen LogP contribution in [0.4, 0.5) is 0 Å². The van der Waals surface area contributed by atoms with Gasteiger partial charge in [-0.2, -0.15) is 0 Å². The second kappa shape index (κ2) is 7.65. The second-order valence-corrected chi connectivity index (χ2v) is 7.04. The first kappa shape index (κ1) is 18.7. The fraction of sp³-hybridized carbons (Fsp3) is 0.238. The zero-order chi connectivity index (χ0) is 18.8. The number of carbonyl (C=O) groups is 1. The lowest BCUT2D eigenvalue weighted by molar-refractivity contribution is -0.133. The van der Waals surface area contributed by atoms with Crippen molar-refractivity contribution < 1.29 is 9.53 Å². The highest BCUT2D eigenvalue weighted by Gasteiger charge is 2.17. The first-order chi connectivity index (χ1) is 12.4. The van der Waals surface area contributed by atoms with E-state index in [1.165, 1.54) is 0 Å². The number of aromatic nitrogens is 1. The van der Waals surface area contributed by atoms with Crippen LogP contribution in [-0.4, -0.2) is 11.0 Å². The minimum Gasteiger partial charge on any atom is -0.426 e. The molecule has 5 heteroatoms. The quantitative estimate of drug-likeness (QED) is 0.403. The molecule has 1 heterocycles. The van der Waals surface area contributed by atoms with E-state index in [4.69, 9.17) is 32.9 Å². The standard InChI is InChI=1S/C21H19Cl2NO2/c1-4-19(25)26-18-10-9-17(23)21-20(18)12(2)16(13(3)24-21)11-14-5-7-15(22)8-6-14/h5-10H,4,11H2,1-3H3. The monoisotopic (exact) mass is 387 g/mol. The molecule has 0 unspecified atom stereocenters. The molecule has 1 aromatic heterocycles. The fourth-order valence-electron chi connectivity index (χ4n) is 3.02. The summed E-state index contributed by atoms with van der Waals surface area (Å²) in [7, 11) is 0. The largest absolute Gasteiger partial charge is 0.426 e. The Kier molecular flexibility index (Phi) is 5.49. The molecule has 3 rings (SSSR count). The highest BCUT2D eigenvalue weighted by molar-refractivity contribution is 6.35. The highest BCUT2D eigenvalue weighted by Crippen LogP contribution is 2.36. The summed E-state index contributed by atoms with van der Waals surface area (Å²) >= 11 is 12.3. The van der Waals surface area contributed by atoms with Crippen LogP contribution in [0.3, 0.4) is 0 Å². The highest BCUT2D eigenvalue weighted by atomic mass is 35.5. The van der Waals surface area contributed by atoms with Crippen LogP contribution < -0.4 is 4.74 Å². The molecule has 0 saturated heterocycles. The Hall–Kier alpha value is -2.10. The van der Waals surface area contributed by atoms with Gasteiger partial charge in [0.25, 0.3) is 0 Å². The summed E-state index contributed by atoms with van der Waals surface area (Å²) in [4.78, 5) is 16.5. The Bertz CT molecular complexity index is 982. The SMILES string of the molecule is CCC(=O)Oc1ccc(Cl)c2nc(C)c(Cc3ccc(Cl)cc3)c(C)c12. The number of carbonyl (C=O) groups excluding carboxylic acids is 1. The van der Waals surface area contributed by atoms with Gasteiger partial charge in [0.15, 0.2) is 0 Å². The molecule has 0 bridgehead atoms. The minimum absolute atomic E-state index is 0.284. The van der Waals surface area contributed by atoms with E-state index >= 15 is 0 Å². The van der Waals surface area contributed by atoms with Crippen LogP contribution in [0.5, 0.6) is 5.75 Å². The molecule has 2 aromatic carbocycles. The molecule has 0 spiro atoms. The number of ether oxygens (including phenoxy) is 1. The van der Waals surface area contributed by atoms with Crippen molar-refractivity contribution in [2.24, 2.45) is 0 Å². The topological polar surface area (TPSA) is 39.2 Å². The number of fused-ring (bicyclic) bond motifs is 1. The summed E-state index contributed by atoms with van der Waals surface area (Å²) < 4.78 is 5.52. The van der Waals surface area contributed by atoms with Gasteiger partial charge in [-0.15, -0.1) is 0 Å². The summed E-state index contributed by atoms with van der Waals surface area (Å²) in [5.74, 6) is 0.214. The van der Waals surface area contributed by atoms with Gasteiger partial charge in [-0.3, -0.25) is 9.78 Å². The number of benzene rings is 2. The molecule has 134 valence electrons. The second-order valence-electron chi connectivity index (χ2n) is 6.20. The van der Waals surface area contributed by atoms with Crippen LogP contribution in [0, 0.1) is 13.8 Å². The first-order valence-electron chi connectivity index (χ1n) is 8.44. The van der Waals surface area contributed by atoms with Gasteiger partial charge in [-0.1, -0.05) is 42.3 Å². The van der Waals surface area contributed by atoms with E-state index in [-0.39, 0.29) is 5.97 Å². The number of halogens is 2. The Morgan fingerprint density at radius 1 is 1.08 bits per heavy atom. The van der Waals surface area contributed by atoms with Crippen molar-refractivity contribution in [3.05, 3.63) is 68.8 Å². The molecule has 0 amide bonds. The number of rotatable bonds is 4. The molecule has 0 radical (unpaired) electrons. The maximum Gasteiger partial charge on any atom is 0.310 e. The van der Waals surface area contributed by atoms with E-state index in [1.54, 1.807) is 19.1 Å². The van der Waals surface area contributed by atoms with Crippen molar-refractivity contribution in [1.82, 2.24) is 4.98 Å². The van der Waals surface area contributed by atoms with Gasteiger partial charge < -0.3 is 4.74 Å². The number of esters is 1. The van der Waals surface area contributed by atoms with Gasteiger partial charge >= 0.3 is 5.97 Å². The van der Waals surface area contributed by atoms with Gasteiger partial charge in [0.2, 0.25) is 0 Å². The Balaban J connectivity index is 2.16. The van der Waals surface area contributed by atoms with E-state index in [1.807, 2.05) is 38.1 Å². The smallest absolute Gasteiger partial charge is 0.310 e. The number of hydrogen-bond acceptors (Lipinski definition) is 3. The van der Waals surface area contributed by atoms with Gasteiger partial charge in [-0.05, 0) is 61.2 Å². The van der Waals surface area contributed by atoms with Crippen molar-refractivity contribution in [1.29, 1.82) is 0 Å². The third-order valence-corrected chi connectivity index (χ3v) is 5.00. The van der Waals surface area contributed by atoms with Gasteiger partial charge in [0, 0.05) is 22.5 Å². The van der Waals surface area contributed by atoms with Crippen LogP contribution in [0.1, 0.15) is 35.7 Å². The number of nitrogens with zero attached hydrogens (tertiary/aromatic N) is 1. The lowest BCUT2D eigenvalue weighted by Crippen LogP contribution is -2.08. The van der Waals surface area contributed by atoms with Crippen LogP contribution in [-0.2, 0) is 11.2 Å². The fourth-order valence-corrected chi connectivity index (χ4v) is 3.35. The van der Waals surface area contributed by atoms with Gasteiger partial charge in [0.05, 0.1) is 10.5 Å². The summed E-state index contributed by atoms with van der Waals surface area (Å²) in [5, 5.41) is 2.04. The molecular weight excluding hydrogens is 369 g/mol. The van der Waals surface area contributed by atoms with Crippen molar-refractivity contribution >= 4 is 40.1 Å². The molecule has 0 aliphatic heterocycles. The maximum atomic E-state index is 11.8. The van der Waals surface area contributed by atoms with Crippen LogP contribution in [0.2, 0.25) is 10.0 Å². The normalized spacial score (nSPS) is 11.0. The average molecular weight is 388 g/mol. The van der Waals surface area contributed by atoms with E-state index in [0.717, 1.165) is 27.8 Å². The number of pyridine rings is 1. The molecule has 0 fully saturated rings. The average Bonchev–Trinajstić information content (AvgIpc) is 2.62. The maximum absolute atomic E-state index is 11.8. The molecule has 0 saturated carbocycles. The van der Waals surface area contributed by atoms with Crippen molar-refractivity contribution in [2.75, 3.05) is 0 Å².